The van der Waals surface area contributed by atoms with Crippen LogP contribution < -0.4 is 11.3 Å². The average Bonchev–Trinajstić information content (AvgIpc) is 2.49. The lowest BCUT2D eigenvalue weighted by Gasteiger charge is -2.15. The lowest BCUT2D eigenvalue weighted by Crippen LogP contribution is -2.35. The van der Waals surface area contributed by atoms with Gasteiger partial charge in [-0.1, -0.05) is 36.4 Å². The largest absolute Gasteiger partial charge is 0.271 e. The second-order valence-corrected chi connectivity index (χ2v) is 4.79. The Morgan fingerprint density at radius 1 is 0.947 bits per heavy atom. The summed E-state index contributed by atoms with van der Waals surface area (Å²) in [7, 11) is 0. The zero-order valence-electron chi connectivity index (χ0n) is 11.1. The average molecular weight is 255 g/mol. The van der Waals surface area contributed by atoms with Gasteiger partial charge < -0.3 is 0 Å². The number of nitrogens with zero attached hydrogens (tertiary/aromatic N) is 1. The molecule has 1 atom stereocenters. The Hall–Kier alpha value is -1.71. The standard InChI is InChI=1S/C16H21N3/c17-19-16(10-8-14-5-2-1-3-6-14)11-9-15-7-4-12-18-13-15/h1-7,12-13,16,19H,8-11,17H2. The van der Waals surface area contributed by atoms with Crippen molar-refractivity contribution in [1.29, 1.82) is 0 Å². The molecule has 0 spiro atoms. The smallest absolute Gasteiger partial charge is 0.0299 e. The first-order valence-corrected chi connectivity index (χ1v) is 6.77. The van der Waals surface area contributed by atoms with Crippen LogP contribution in [-0.2, 0) is 12.8 Å². The van der Waals surface area contributed by atoms with Crippen molar-refractivity contribution in [2.45, 2.75) is 31.7 Å². The molecule has 0 amide bonds. The van der Waals surface area contributed by atoms with E-state index < -0.39 is 0 Å². The Morgan fingerprint density at radius 2 is 1.63 bits per heavy atom. The number of benzene rings is 1. The van der Waals surface area contributed by atoms with Crippen molar-refractivity contribution in [1.82, 2.24) is 10.4 Å². The normalized spacial score (nSPS) is 12.3. The van der Waals surface area contributed by atoms with E-state index in [1.807, 2.05) is 18.3 Å². The summed E-state index contributed by atoms with van der Waals surface area (Å²) >= 11 is 0. The van der Waals surface area contributed by atoms with Crippen molar-refractivity contribution in [2.75, 3.05) is 0 Å². The van der Waals surface area contributed by atoms with Gasteiger partial charge >= 0.3 is 0 Å². The third-order valence-electron chi connectivity index (χ3n) is 3.36. The summed E-state index contributed by atoms with van der Waals surface area (Å²) in [6, 6.07) is 15.0. The summed E-state index contributed by atoms with van der Waals surface area (Å²) in [5.74, 6) is 5.64. The molecule has 1 heterocycles. The highest BCUT2D eigenvalue weighted by atomic mass is 15.2. The van der Waals surface area contributed by atoms with Gasteiger partial charge in [0.1, 0.15) is 0 Å². The van der Waals surface area contributed by atoms with E-state index in [1.54, 1.807) is 6.20 Å². The molecule has 3 heteroatoms. The van der Waals surface area contributed by atoms with Crippen LogP contribution in [0.3, 0.4) is 0 Å². The molecule has 3 nitrogen and oxygen atoms in total. The maximum atomic E-state index is 5.64. The summed E-state index contributed by atoms with van der Waals surface area (Å²) in [5.41, 5.74) is 5.55. The van der Waals surface area contributed by atoms with Crippen LogP contribution in [0, 0.1) is 0 Å². The van der Waals surface area contributed by atoms with E-state index >= 15 is 0 Å². The van der Waals surface area contributed by atoms with Crippen molar-refractivity contribution in [3.8, 4) is 0 Å². The molecule has 0 aliphatic heterocycles. The highest BCUT2D eigenvalue weighted by Gasteiger charge is 2.07. The highest BCUT2D eigenvalue weighted by Crippen LogP contribution is 2.09. The van der Waals surface area contributed by atoms with E-state index in [1.165, 1.54) is 11.1 Å². The van der Waals surface area contributed by atoms with Crippen LogP contribution in [0.4, 0.5) is 0 Å². The second-order valence-electron chi connectivity index (χ2n) is 4.79. The minimum Gasteiger partial charge on any atom is -0.271 e. The fraction of sp³-hybridized carbons (Fsp3) is 0.312. The second kappa shape index (κ2) is 7.67. The molecular formula is C16H21N3. The van der Waals surface area contributed by atoms with Gasteiger partial charge in [-0.05, 0) is 42.9 Å². The van der Waals surface area contributed by atoms with E-state index in [4.69, 9.17) is 5.84 Å². The zero-order valence-corrected chi connectivity index (χ0v) is 11.1. The molecule has 1 aromatic carbocycles. The lowest BCUT2D eigenvalue weighted by atomic mass is 10.0. The Bertz CT molecular complexity index is 412. The molecule has 0 saturated heterocycles. The number of pyridine rings is 1. The molecule has 0 fully saturated rings. The van der Waals surface area contributed by atoms with Crippen molar-refractivity contribution < 1.29 is 0 Å². The number of nitrogens with one attached hydrogen (secondary N) is 1. The first-order chi connectivity index (χ1) is 9.38. The van der Waals surface area contributed by atoms with Crippen LogP contribution in [0.5, 0.6) is 0 Å². The molecule has 0 aliphatic carbocycles. The Balaban J connectivity index is 1.77. The number of nitrogens with two attached hydrogens (primary N) is 1. The first kappa shape index (κ1) is 13.7. The Labute approximate surface area is 114 Å². The van der Waals surface area contributed by atoms with Crippen LogP contribution in [0.15, 0.2) is 54.9 Å². The number of hydrogen-bond donors (Lipinski definition) is 2. The van der Waals surface area contributed by atoms with Crippen LogP contribution in [0.2, 0.25) is 0 Å². The predicted molar refractivity (Wildman–Crippen MR) is 78.4 cm³/mol. The van der Waals surface area contributed by atoms with Crippen molar-refractivity contribution >= 4 is 0 Å². The van der Waals surface area contributed by atoms with Gasteiger partial charge in [-0.15, -0.1) is 0 Å². The molecule has 100 valence electrons. The van der Waals surface area contributed by atoms with Crippen molar-refractivity contribution in [3.63, 3.8) is 0 Å². The van der Waals surface area contributed by atoms with Crippen LogP contribution in [-0.4, -0.2) is 11.0 Å². The summed E-state index contributed by atoms with van der Waals surface area (Å²) in [6.45, 7) is 0. The molecule has 0 saturated carbocycles. The monoisotopic (exact) mass is 255 g/mol. The Kier molecular flexibility index (Phi) is 5.53. The SMILES string of the molecule is NNC(CCc1ccccc1)CCc1cccnc1. The van der Waals surface area contributed by atoms with E-state index in [0.29, 0.717) is 6.04 Å². The van der Waals surface area contributed by atoms with Gasteiger partial charge in [0.05, 0.1) is 0 Å². The minimum atomic E-state index is 0.348. The molecule has 19 heavy (non-hydrogen) atoms. The molecule has 0 radical (unpaired) electrons. The van der Waals surface area contributed by atoms with Gasteiger partial charge in [0.15, 0.2) is 0 Å². The number of aromatic nitrogens is 1. The van der Waals surface area contributed by atoms with Crippen LogP contribution in [0.1, 0.15) is 24.0 Å². The third-order valence-corrected chi connectivity index (χ3v) is 3.36. The molecule has 2 aromatic rings. The van der Waals surface area contributed by atoms with Gasteiger partial charge in [-0.3, -0.25) is 16.3 Å². The van der Waals surface area contributed by atoms with Gasteiger partial charge in [-0.2, -0.15) is 0 Å². The lowest BCUT2D eigenvalue weighted by molar-refractivity contribution is 0.464. The summed E-state index contributed by atoms with van der Waals surface area (Å²) in [6.07, 6.45) is 7.89. The molecule has 1 aromatic heterocycles. The molecule has 1 unspecified atom stereocenters. The zero-order chi connectivity index (χ0) is 13.3. The minimum absolute atomic E-state index is 0.348. The van der Waals surface area contributed by atoms with Gasteiger partial charge in [0, 0.05) is 18.4 Å². The number of aryl methyl sites for hydroxylation is 2. The number of hydrazine groups is 1. The predicted octanol–water partition coefficient (Wildman–Crippen LogP) is 2.48. The van der Waals surface area contributed by atoms with E-state index in [2.05, 4.69) is 40.7 Å². The fourth-order valence-corrected chi connectivity index (χ4v) is 2.18. The molecular weight excluding hydrogens is 234 g/mol. The fourth-order valence-electron chi connectivity index (χ4n) is 2.18. The number of rotatable bonds is 7. The van der Waals surface area contributed by atoms with Crippen LogP contribution in [0.25, 0.3) is 0 Å². The summed E-state index contributed by atoms with van der Waals surface area (Å²) in [5, 5.41) is 0. The maximum absolute atomic E-state index is 5.64. The van der Waals surface area contributed by atoms with Crippen molar-refractivity contribution in [2.24, 2.45) is 5.84 Å². The van der Waals surface area contributed by atoms with Gasteiger partial charge in [-0.25, -0.2) is 0 Å². The van der Waals surface area contributed by atoms with Gasteiger partial charge in [0.25, 0.3) is 0 Å². The maximum Gasteiger partial charge on any atom is 0.0299 e. The Morgan fingerprint density at radius 3 is 2.26 bits per heavy atom. The molecule has 2 rings (SSSR count). The first-order valence-electron chi connectivity index (χ1n) is 6.77. The summed E-state index contributed by atoms with van der Waals surface area (Å²) < 4.78 is 0. The van der Waals surface area contributed by atoms with Gasteiger partial charge in [0.2, 0.25) is 0 Å². The molecule has 0 aliphatic rings. The van der Waals surface area contributed by atoms with Crippen molar-refractivity contribution in [3.05, 3.63) is 66.0 Å². The van der Waals surface area contributed by atoms with Crippen LogP contribution >= 0.6 is 0 Å². The number of hydrogen-bond acceptors (Lipinski definition) is 3. The topological polar surface area (TPSA) is 50.9 Å². The van der Waals surface area contributed by atoms with E-state index in [9.17, 15) is 0 Å². The summed E-state index contributed by atoms with van der Waals surface area (Å²) in [4.78, 5) is 4.13. The molecule has 3 N–H and O–H groups in total. The van der Waals surface area contributed by atoms with E-state index in [-0.39, 0.29) is 0 Å². The molecule has 0 bridgehead atoms. The quantitative estimate of drug-likeness (QED) is 0.590. The highest BCUT2D eigenvalue weighted by molar-refractivity contribution is 5.15. The van der Waals surface area contributed by atoms with E-state index in [0.717, 1.165) is 25.7 Å². The third kappa shape index (κ3) is 4.81.